The van der Waals surface area contributed by atoms with Crippen LogP contribution in [0.5, 0.6) is 0 Å². The maximum absolute atomic E-state index is 11.8. The standard InChI is InChI=1S/C13H24N4OS2/c18-12(10-17-6-8-20-9-7-17)15-16-13(19)14-11-4-2-1-3-5-11/h11H,1-10H2,(H,15,18)(H2,14,16,19). The molecular weight excluding hydrogens is 292 g/mol. The van der Waals surface area contributed by atoms with Crippen LogP contribution in [-0.2, 0) is 4.79 Å². The summed E-state index contributed by atoms with van der Waals surface area (Å²) in [6.45, 7) is 2.42. The highest BCUT2D eigenvalue weighted by Crippen LogP contribution is 2.17. The molecule has 0 aromatic carbocycles. The molecule has 0 spiro atoms. The van der Waals surface area contributed by atoms with Crippen molar-refractivity contribution in [1.82, 2.24) is 21.1 Å². The van der Waals surface area contributed by atoms with E-state index in [1.54, 1.807) is 0 Å². The van der Waals surface area contributed by atoms with Gasteiger partial charge < -0.3 is 5.32 Å². The number of nitrogens with zero attached hydrogens (tertiary/aromatic N) is 1. The number of nitrogens with one attached hydrogen (secondary N) is 3. The van der Waals surface area contributed by atoms with Gasteiger partial charge in [0, 0.05) is 30.6 Å². The van der Waals surface area contributed by atoms with E-state index in [-0.39, 0.29) is 5.91 Å². The monoisotopic (exact) mass is 316 g/mol. The average molecular weight is 316 g/mol. The van der Waals surface area contributed by atoms with E-state index >= 15 is 0 Å². The summed E-state index contributed by atoms with van der Waals surface area (Å²) in [6.07, 6.45) is 6.19. The van der Waals surface area contributed by atoms with Crippen LogP contribution in [-0.4, -0.2) is 53.1 Å². The second-order valence-electron chi connectivity index (χ2n) is 5.37. The highest BCUT2D eigenvalue weighted by molar-refractivity contribution is 7.99. The Kier molecular flexibility index (Phi) is 6.89. The van der Waals surface area contributed by atoms with Crippen molar-refractivity contribution in [2.45, 2.75) is 38.1 Å². The Morgan fingerprint density at radius 1 is 1.15 bits per heavy atom. The Morgan fingerprint density at radius 2 is 1.85 bits per heavy atom. The number of hydrazine groups is 1. The third kappa shape index (κ3) is 5.85. The Labute approximate surface area is 130 Å². The van der Waals surface area contributed by atoms with Gasteiger partial charge in [-0.1, -0.05) is 19.3 Å². The molecule has 2 fully saturated rings. The molecule has 0 atom stereocenters. The lowest BCUT2D eigenvalue weighted by atomic mass is 9.96. The summed E-state index contributed by atoms with van der Waals surface area (Å²) >= 11 is 7.15. The van der Waals surface area contributed by atoms with Gasteiger partial charge in [0.05, 0.1) is 6.54 Å². The molecule has 20 heavy (non-hydrogen) atoms. The smallest absolute Gasteiger partial charge is 0.252 e. The molecule has 0 aromatic heterocycles. The van der Waals surface area contributed by atoms with E-state index in [0.717, 1.165) is 24.6 Å². The van der Waals surface area contributed by atoms with E-state index in [9.17, 15) is 4.79 Å². The van der Waals surface area contributed by atoms with Crippen molar-refractivity contribution in [3.63, 3.8) is 0 Å². The average Bonchev–Trinajstić information content (AvgIpc) is 2.47. The molecular formula is C13H24N4OS2. The van der Waals surface area contributed by atoms with Gasteiger partial charge in [-0.05, 0) is 25.1 Å². The quantitative estimate of drug-likeness (QED) is 0.530. The van der Waals surface area contributed by atoms with Gasteiger partial charge in [0.1, 0.15) is 0 Å². The van der Waals surface area contributed by atoms with E-state index in [1.807, 2.05) is 11.8 Å². The molecule has 0 radical (unpaired) electrons. The Hall–Kier alpha value is -0.530. The summed E-state index contributed by atoms with van der Waals surface area (Å²) in [5, 5.41) is 3.79. The summed E-state index contributed by atoms with van der Waals surface area (Å²) < 4.78 is 0. The van der Waals surface area contributed by atoms with Crippen molar-refractivity contribution >= 4 is 35.0 Å². The molecule has 1 amide bonds. The van der Waals surface area contributed by atoms with Crippen LogP contribution in [0.25, 0.3) is 0 Å². The molecule has 1 saturated heterocycles. The lowest BCUT2D eigenvalue weighted by Gasteiger charge is -2.26. The molecule has 5 nitrogen and oxygen atoms in total. The van der Waals surface area contributed by atoms with Crippen LogP contribution in [0.4, 0.5) is 0 Å². The molecule has 1 heterocycles. The van der Waals surface area contributed by atoms with Crippen LogP contribution in [0.3, 0.4) is 0 Å². The zero-order chi connectivity index (χ0) is 14.2. The van der Waals surface area contributed by atoms with Crippen LogP contribution in [0.15, 0.2) is 0 Å². The molecule has 1 aliphatic heterocycles. The molecule has 7 heteroatoms. The number of carbonyl (C=O) groups excluding carboxylic acids is 1. The van der Waals surface area contributed by atoms with Crippen molar-refractivity contribution in [2.24, 2.45) is 0 Å². The number of thiocarbonyl (C=S) groups is 1. The van der Waals surface area contributed by atoms with E-state index < -0.39 is 0 Å². The van der Waals surface area contributed by atoms with E-state index in [2.05, 4.69) is 21.1 Å². The van der Waals surface area contributed by atoms with Crippen LogP contribution in [0.2, 0.25) is 0 Å². The molecule has 0 aromatic rings. The summed E-state index contributed by atoms with van der Waals surface area (Å²) in [6, 6.07) is 0.458. The first-order valence-electron chi connectivity index (χ1n) is 7.39. The van der Waals surface area contributed by atoms with Gasteiger partial charge in [-0.25, -0.2) is 0 Å². The lowest BCUT2D eigenvalue weighted by molar-refractivity contribution is -0.122. The maximum atomic E-state index is 11.8. The third-order valence-corrected chi connectivity index (χ3v) is 4.89. The Morgan fingerprint density at radius 3 is 2.55 bits per heavy atom. The molecule has 1 aliphatic carbocycles. The van der Waals surface area contributed by atoms with Crippen LogP contribution < -0.4 is 16.2 Å². The zero-order valence-electron chi connectivity index (χ0n) is 11.8. The molecule has 1 saturated carbocycles. The zero-order valence-corrected chi connectivity index (χ0v) is 13.5. The highest BCUT2D eigenvalue weighted by Gasteiger charge is 2.16. The third-order valence-electron chi connectivity index (χ3n) is 3.73. The van der Waals surface area contributed by atoms with Gasteiger partial charge in [-0.15, -0.1) is 0 Å². The SMILES string of the molecule is O=C(CN1CCSCC1)NNC(=S)NC1CCCCC1. The predicted molar refractivity (Wildman–Crippen MR) is 87.7 cm³/mol. The Balaban J connectivity index is 1.58. The first-order valence-corrected chi connectivity index (χ1v) is 8.96. The predicted octanol–water partition coefficient (Wildman–Crippen LogP) is 0.863. The van der Waals surface area contributed by atoms with E-state index in [1.165, 1.54) is 32.1 Å². The maximum Gasteiger partial charge on any atom is 0.252 e. The topological polar surface area (TPSA) is 56.4 Å². The van der Waals surface area contributed by atoms with Gasteiger partial charge in [0.25, 0.3) is 5.91 Å². The molecule has 114 valence electrons. The minimum Gasteiger partial charge on any atom is -0.359 e. The van der Waals surface area contributed by atoms with Gasteiger partial charge in [-0.3, -0.25) is 20.5 Å². The molecule has 2 rings (SSSR count). The fourth-order valence-corrected chi connectivity index (χ4v) is 3.79. The van der Waals surface area contributed by atoms with Crippen LogP contribution >= 0.6 is 24.0 Å². The largest absolute Gasteiger partial charge is 0.359 e. The fourth-order valence-electron chi connectivity index (χ4n) is 2.60. The highest BCUT2D eigenvalue weighted by atomic mass is 32.2. The van der Waals surface area contributed by atoms with Crippen molar-refractivity contribution in [1.29, 1.82) is 0 Å². The fraction of sp³-hybridized carbons (Fsp3) is 0.846. The van der Waals surface area contributed by atoms with Crippen molar-refractivity contribution < 1.29 is 4.79 Å². The second-order valence-corrected chi connectivity index (χ2v) is 7.00. The van der Waals surface area contributed by atoms with E-state index in [4.69, 9.17) is 12.2 Å². The van der Waals surface area contributed by atoms with Gasteiger partial charge in [-0.2, -0.15) is 11.8 Å². The second kappa shape index (κ2) is 8.69. The van der Waals surface area contributed by atoms with Gasteiger partial charge in [0.15, 0.2) is 5.11 Å². The molecule has 2 aliphatic rings. The minimum absolute atomic E-state index is 0.0234. The molecule has 0 bridgehead atoms. The van der Waals surface area contributed by atoms with Crippen molar-refractivity contribution in [2.75, 3.05) is 31.1 Å². The molecule has 0 unspecified atom stereocenters. The molecule has 3 N–H and O–H groups in total. The normalized spacial score (nSPS) is 21.2. The number of amides is 1. The van der Waals surface area contributed by atoms with Gasteiger partial charge >= 0.3 is 0 Å². The Bertz CT molecular complexity index is 296. The first kappa shape index (κ1) is 15.9. The summed E-state index contributed by atoms with van der Waals surface area (Å²) in [5.41, 5.74) is 5.49. The summed E-state index contributed by atoms with van der Waals surface area (Å²) in [5.74, 6) is 2.20. The van der Waals surface area contributed by atoms with Crippen LogP contribution in [0, 0.1) is 0 Å². The number of hydrogen-bond acceptors (Lipinski definition) is 4. The number of thioether (sulfide) groups is 1. The number of hydrogen-bond donors (Lipinski definition) is 3. The first-order chi connectivity index (χ1) is 9.74. The lowest BCUT2D eigenvalue weighted by Crippen LogP contribution is -2.52. The van der Waals surface area contributed by atoms with Gasteiger partial charge in [0.2, 0.25) is 0 Å². The van der Waals surface area contributed by atoms with Crippen LogP contribution in [0.1, 0.15) is 32.1 Å². The number of carbonyl (C=O) groups is 1. The number of rotatable bonds is 3. The summed E-state index contributed by atoms with van der Waals surface area (Å²) in [7, 11) is 0. The van der Waals surface area contributed by atoms with E-state index in [0.29, 0.717) is 17.7 Å². The summed E-state index contributed by atoms with van der Waals surface area (Å²) in [4.78, 5) is 14.0. The van der Waals surface area contributed by atoms with Crippen molar-refractivity contribution in [3.05, 3.63) is 0 Å². The van der Waals surface area contributed by atoms with Crippen molar-refractivity contribution in [3.8, 4) is 0 Å². The minimum atomic E-state index is -0.0234.